The Balaban J connectivity index is 2.52. The standard InChI is InChI=1S/C9H8ClFN4O/c10-4-2-6-3(1-5(4)11)7(12)8(9(13)16)15-14-6/h1-2,7-8H,12H2,(H2,13,16). The van der Waals surface area contributed by atoms with Crippen molar-refractivity contribution in [2.24, 2.45) is 21.7 Å². The van der Waals surface area contributed by atoms with Gasteiger partial charge in [0.25, 0.3) is 0 Å². The van der Waals surface area contributed by atoms with Crippen molar-refractivity contribution in [2.75, 3.05) is 0 Å². The first-order chi connectivity index (χ1) is 7.50. The maximum Gasteiger partial charge on any atom is 0.246 e. The lowest BCUT2D eigenvalue weighted by molar-refractivity contribution is -0.119. The largest absolute Gasteiger partial charge is 0.368 e. The first-order valence-corrected chi connectivity index (χ1v) is 4.83. The number of azo groups is 1. The molecule has 84 valence electrons. The number of carbonyl (C=O) groups excluding carboxylic acids is 1. The number of carbonyl (C=O) groups is 1. The van der Waals surface area contributed by atoms with Gasteiger partial charge in [-0.2, -0.15) is 10.2 Å². The average molecular weight is 243 g/mol. The molecule has 1 aromatic rings. The van der Waals surface area contributed by atoms with Gasteiger partial charge in [-0.15, -0.1) is 0 Å². The maximum absolute atomic E-state index is 13.2. The van der Waals surface area contributed by atoms with Crippen LogP contribution in [0.4, 0.5) is 10.1 Å². The van der Waals surface area contributed by atoms with Gasteiger partial charge in [0.2, 0.25) is 5.91 Å². The summed E-state index contributed by atoms with van der Waals surface area (Å²) in [5.41, 5.74) is 11.6. The highest BCUT2D eigenvalue weighted by Crippen LogP contribution is 2.35. The van der Waals surface area contributed by atoms with E-state index in [1.54, 1.807) is 0 Å². The molecular formula is C9H8ClFN4O. The number of hydrogen-bond donors (Lipinski definition) is 2. The molecule has 2 unspecified atom stereocenters. The minimum absolute atomic E-state index is 0.0672. The van der Waals surface area contributed by atoms with Crippen LogP contribution in [0.15, 0.2) is 22.4 Å². The zero-order valence-corrected chi connectivity index (χ0v) is 8.78. The molecule has 0 radical (unpaired) electrons. The monoisotopic (exact) mass is 242 g/mol. The summed E-state index contributed by atoms with van der Waals surface area (Å²) in [6.45, 7) is 0. The van der Waals surface area contributed by atoms with Gasteiger partial charge in [-0.1, -0.05) is 11.6 Å². The molecule has 2 rings (SSSR count). The minimum atomic E-state index is -0.965. The Morgan fingerprint density at radius 3 is 2.81 bits per heavy atom. The zero-order valence-electron chi connectivity index (χ0n) is 8.02. The molecule has 4 N–H and O–H groups in total. The molecule has 16 heavy (non-hydrogen) atoms. The number of rotatable bonds is 1. The summed E-state index contributed by atoms with van der Waals surface area (Å²) < 4.78 is 13.2. The smallest absolute Gasteiger partial charge is 0.246 e. The van der Waals surface area contributed by atoms with Crippen molar-refractivity contribution in [1.82, 2.24) is 0 Å². The Kier molecular flexibility index (Phi) is 2.61. The molecule has 0 bridgehead atoms. The molecule has 1 aliphatic rings. The second-order valence-corrected chi connectivity index (χ2v) is 3.82. The molecule has 0 saturated carbocycles. The van der Waals surface area contributed by atoms with E-state index in [-0.39, 0.29) is 5.02 Å². The van der Waals surface area contributed by atoms with Gasteiger partial charge in [0.05, 0.1) is 16.8 Å². The number of fused-ring (bicyclic) bond motifs is 1. The van der Waals surface area contributed by atoms with Gasteiger partial charge in [0.1, 0.15) is 5.82 Å². The van der Waals surface area contributed by atoms with E-state index < -0.39 is 23.8 Å². The van der Waals surface area contributed by atoms with Crippen LogP contribution >= 0.6 is 11.6 Å². The van der Waals surface area contributed by atoms with E-state index >= 15 is 0 Å². The van der Waals surface area contributed by atoms with E-state index in [0.717, 1.165) is 6.07 Å². The molecule has 7 heteroatoms. The summed E-state index contributed by atoms with van der Waals surface area (Å²) in [5, 5.41) is 7.34. The summed E-state index contributed by atoms with van der Waals surface area (Å²) >= 11 is 5.58. The lowest BCUT2D eigenvalue weighted by atomic mass is 9.97. The molecule has 0 spiro atoms. The van der Waals surface area contributed by atoms with E-state index in [2.05, 4.69) is 10.2 Å². The molecule has 0 aromatic heterocycles. The van der Waals surface area contributed by atoms with Crippen LogP contribution in [-0.4, -0.2) is 11.9 Å². The van der Waals surface area contributed by atoms with Crippen molar-refractivity contribution in [3.8, 4) is 0 Å². The van der Waals surface area contributed by atoms with Gasteiger partial charge in [-0.25, -0.2) is 4.39 Å². The van der Waals surface area contributed by atoms with Crippen LogP contribution in [0.2, 0.25) is 5.02 Å². The van der Waals surface area contributed by atoms with Crippen LogP contribution in [0.5, 0.6) is 0 Å². The Hall–Kier alpha value is -1.53. The molecule has 0 aliphatic carbocycles. The number of primary amides is 1. The van der Waals surface area contributed by atoms with Gasteiger partial charge in [0, 0.05) is 5.56 Å². The topological polar surface area (TPSA) is 93.8 Å². The number of amides is 1. The molecule has 1 aromatic carbocycles. The summed E-state index contributed by atoms with van der Waals surface area (Å²) in [4.78, 5) is 11.0. The number of benzene rings is 1. The minimum Gasteiger partial charge on any atom is -0.368 e. The van der Waals surface area contributed by atoms with E-state index in [1.807, 2.05) is 0 Å². The van der Waals surface area contributed by atoms with Crippen molar-refractivity contribution in [3.63, 3.8) is 0 Å². The van der Waals surface area contributed by atoms with Crippen LogP contribution in [0.25, 0.3) is 0 Å². The number of halogens is 2. The molecule has 1 amide bonds. The van der Waals surface area contributed by atoms with Crippen molar-refractivity contribution in [3.05, 3.63) is 28.5 Å². The number of nitrogens with zero attached hydrogens (tertiary/aromatic N) is 2. The maximum atomic E-state index is 13.2. The molecule has 5 nitrogen and oxygen atoms in total. The normalized spacial score (nSPS) is 22.9. The van der Waals surface area contributed by atoms with Gasteiger partial charge in [0.15, 0.2) is 6.04 Å². The second-order valence-electron chi connectivity index (χ2n) is 3.41. The molecule has 2 atom stereocenters. The Morgan fingerprint density at radius 1 is 1.50 bits per heavy atom. The van der Waals surface area contributed by atoms with Crippen molar-refractivity contribution < 1.29 is 9.18 Å². The zero-order chi connectivity index (χ0) is 11.9. The molecule has 1 heterocycles. The highest BCUT2D eigenvalue weighted by Gasteiger charge is 2.30. The average Bonchev–Trinajstić information content (AvgIpc) is 2.21. The van der Waals surface area contributed by atoms with Crippen LogP contribution in [0, 0.1) is 5.82 Å². The molecule has 0 saturated heterocycles. The third-order valence-corrected chi connectivity index (χ3v) is 2.64. The van der Waals surface area contributed by atoms with E-state index in [0.29, 0.717) is 11.3 Å². The first kappa shape index (κ1) is 11.0. The van der Waals surface area contributed by atoms with Gasteiger partial charge in [-0.05, 0) is 12.1 Å². The van der Waals surface area contributed by atoms with Crippen molar-refractivity contribution >= 4 is 23.2 Å². The fourth-order valence-electron chi connectivity index (χ4n) is 1.51. The van der Waals surface area contributed by atoms with Crippen LogP contribution in [0.3, 0.4) is 0 Å². The predicted octanol–water partition coefficient (Wildman–Crippen LogP) is 1.43. The van der Waals surface area contributed by atoms with Crippen LogP contribution in [-0.2, 0) is 4.79 Å². The van der Waals surface area contributed by atoms with E-state index in [1.165, 1.54) is 6.07 Å². The quantitative estimate of drug-likeness (QED) is 0.779. The van der Waals surface area contributed by atoms with Crippen molar-refractivity contribution in [2.45, 2.75) is 12.1 Å². The van der Waals surface area contributed by atoms with Gasteiger partial charge >= 0.3 is 0 Å². The summed E-state index contributed by atoms with van der Waals surface area (Å²) in [7, 11) is 0. The van der Waals surface area contributed by atoms with E-state index in [9.17, 15) is 9.18 Å². The van der Waals surface area contributed by atoms with Gasteiger partial charge < -0.3 is 11.5 Å². The van der Waals surface area contributed by atoms with E-state index in [4.69, 9.17) is 23.1 Å². The third-order valence-electron chi connectivity index (χ3n) is 2.35. The van der Waals surface area contributed by atoms with Crippen LogP contribution < -0.4 is 11.5 Å². The lowest BCUT2D eigenvalue weighted by Gasteiger charge is -2.22. The summed E-state index contributed by atoms with van der Waals surface area (Å²) in [6, 6.07) is 0.702. The highest BCUT2D eigenvalue weighted by molar-refractivity contribution is 6.31. The van der Waals surface area contributed by atoms with Crippen molar-refractivity contribution in [1.29, 1.82) is 0 Å². The lowest BCUT2D eigenvalue weighted by Crippen LogP contribution is -2.37. The number of hydrogen-bond acceptors (Lipinski definition) is 4. The molecule has 1 aliphatic heterocycles. The predicted molar refractivity (Wildman–Crippen MR) is 55.8 cm³/mol. The summed E-state index contributed by atoms with van der Waals surface area (Å²) in [6.07, 6.45) is 0. The summed E-state index contributed by atoms with van der Waals surface area (Å²) in [5.74, 6) is -1.31. The third kappa shape index (κ3) is 1.66. The Bertz CT molecular complexity index is 491. The highest BCUT2D eigenvalue weighted by atomic mass is 35.5. The number of nitrogens with two attached hydrogens (primary N) is 2. The second kappa shape index (κ2) is 3.80. The first-order valence-electron chi connectivity index (χ1n) is 4.45. The van der Waals surface area contributed by atoms with Crippen LogP contribution in [0.1, 0.15) is 11.6 Å². The Morgan fingerprint density at radius 2 is 2.19 bits per heavy atom. The SMILES string of the molecule is NC(=O)C1N=Nc2cc(Cl)c(F)cc2C1N. The van der Waals surface area contributed by atoms with Gasteiger partial charge in [-0.3, -0.25) is 4.79 Å². The Labute approximate surface area is 95.3 Å². The molecular weight excluding hydrogens is 235 g/mol. The fraction of sp³-hybridized carbons (Fsp3) is 0.222. The molecule has 0 fully saturated rings. The fourth-order valence-corrected chi connectivity index (χ4v) is 1.66.